The second-order valence-corrected chi connectivity index (χ2v) is 1.25. The van der Waals surface area contributed by atoms with Gasteiger partial charge in [0.15, 0.2) is 5.12 Å². The van der Waals surface area contributed by atoms with Crippen molar-refractivity contribution in [3.63, 3.8) is 0 Å². The maximum atomic E-state index is 9.68. The first kappa shape index (κ1) is 9.34. The predicted molar refractivity (Wildman–Crippen MR) is 26.8 cm³/mol. The smallest absolute Gasteiger partial charge is 0.185 e. The van der Waals surface area contributed by atoms with E-state index in [0.717, 1.165) is 0 Å². The minimum absolute atomic E-state index is 0. The predicted octanol–water partition coefficient (Wildman–Crippen LogP) is 1.01. The highest BCUT2D eigenvalue weighted by atomic mass is 32.1. The van der Waals surface area contributed by atoms with Crippen molar-refractivity contribution >= 4 is 17.7 Å². The van der Waals surface area contributed by atoms with E-state index < -0.39 is 0 Å². The molecule has 0 spiro atoms. The Bertz CT molecular complexity index is 46.1. The lowest BCUT2D eigenvalue weighted by molar-refractivity contribution is -0.110. The quantitative estimate of drug-likeness (QED) is 0.498. The molecule has 0 rings (SSSR count). The molecule has 0 saturated carbocycles. The molecule has 0 saturated heterocycles. The van der Waals surface area contributed by atoms with Crippen molar-refractivity contribution in [3.05, 3.63) is 0 Å². The van der Waals surface area contributed by atoms with Gasteiger partial charge < -0.3 is 0 Å². The molecule has 0 aromatic heterocycles. The molecular formula is C3H7FOS. The lowest BCUT2D eigenvalue weighted by Gasteiger charge is -1.70. The Morgan fingerprint density at radius 2 is 2.00 bits per heavy atom. The van der Waals surface area contributed by atoms with Crippen LogP contribution >= 0.6 is 12.6 Å². The molecule has 6 heavy (non-hydrogen) atoms. The molecule has 0 aliphatic carbocycles. The van der Waals surface area contributed by atoms with E-state index in [4.69, 9.17) is 0 Å². The van der Waals surface area contributed by atoms with Gasteiger partial charge in [0, 0.05) is 6.42 Å². The van der Waals surface area contributed by atoms with Crippen LogP contribution in [0.15, 0.2) is 0 Å². The standard InChI is InChI=1S/C3H6OS.FH/c1-2-3(4)5;/h2H2,1H3,(H,4,5);1H. The van der Waals surface area contributed by atoms with Gasteiger partial charge >= 0.3 is 0 Å². The fourth-order valence-electron chi connectivity index (χ4n) is 0. The summed E-state index contributed by atoms with van der Waals surface area (Å²) in [7, 11) is 0. The average molecular weight is 110 g/mol. The Hall–Kier alpha value is -0.0500. The van der Waals surface area contributed by atoms with Crippen LogP contribution in [0.2, 0.25) is 0 Å². The van der Waals surface area contributed by atoms with Crippen LogP contribution in [0.3, 0.4) is 0 Å². The van der Waals surface area contributed by atoms with Crippen molar-refractivity contribution in [2.45, 2.75) is 13.3 Å². The Morgan fingerprint density at radius 3 is 2.00 bits per heavy atom. The van der Waals surface area contributed by atoms with Crippen LogP contribution in [0.25, 0.3) is 0 Å². The monoisotopic (exact) mass is 110 g/mol. The first-order valence-corrected chi connectivity index (χ1v) is 1.94. The fraction of sp³-hybridized carbons (Fsp3) is 0.667. The van der Waals surface area contributed by atoms with Crippen LogP contribution in [-0.4, -0.2) is 5.12 Å². The summed E-state index contributed by atoms with van der Waals surface area (Å²) in [6.45, 7) is 1.77. The maximum absolute atomic E-state index is 9.68. The molecule has 0 heterocycles. The van der Waals surface area contributed by atoms with Crippen LogP contribution in [0.5, 0.6) is 0 Å². The summed E-state index contributed by atoms with van der Waals surface area (Å²) in [5.41, 5.74) is 0. The lowest BCUT2D eigenvalue weighted by Crippen LogP contribution is -1.74. The topological polar surface area (TPSA) is 17.1 Å². The first-order chi connectivity index (χ1) is 2.27. The summed E-state index contributed by atoms with van der Waals surface area (Å²) >= 11 is 3.46. The molecule has 0 amide bonds. The number of carbonyl (C=O) groups is 1. The van der Waals surface area contributed by atoms with E-state index in [1.54, 1.807) is 6.92 Å². The Labute approximate surface area is 41.5 Å². The normalized spacial score (nSPS) is 6.33. The number of thiol groups is 1. The second kappa shape index (κ2) is 4.95. The molecule has 0 aliphatic rings. The number of rotatable bonds is 1. The van der Waals surface area contributed by atoms with Gasteiger partial charge in [-0.25, -0.2) is 0 Å². The highest BCUT2D eigenvalue weighted by Crippen LogP contribution is 1.80. The molecule has 0 radical (unpaired) electrons. The van der Waals surface area contributed by atoms with Crippen molar-refractivity contribution in [1.82, 2.24) is 0 Å². The van der Waals surface area contributed by atoms with Crippen molar-refractivity contribution in [2.75, 3.05) is 0 Å². The van der Waals surface area contributed by atoms with Gasteiger partial charge in [-0.15, -0.1) is 12.6 Å². The highest BCUT2D eigenvalue weighted by Gasteiger charge is 1.78. The summed E-state index contributed by atoms with van der Waals surface area (Å²) in [5.74, 6) is 0. The molecule has 3 heteroatoms. The molecule has 1 nitrogen and oxygen atoms in total. The minimum atomic E-state index is -0.0509. The molecular weight excluding hydrogens is 103 g/mol. The Balaban J connectivity index is 0. The van der Waals surface area contributed by atoms with E-state index >= 15 is 0 Å². The zero-order valence-electron chi connectivity index (χ0n) is 3.47. The summed E-state index contributed by atoms with van der Waals surface area (Å²) in [4.78, 5) is 9.68. The zero-order valence-corrected chi connectivity index (χ0v) is 4.37. The van der Waals surface area contributed by atoms with E-state index in [-0.39, 0.29) is 9.82 Å². The van der Waals surface area contributed by atoms with Crippen LogP contribution in [0, 0.1) is 0 Å². The van der Waals surface area contributed by atoms with Gasteiger partial charge in [0.25, 0.3) is 0 Å². The van der Waals surface area contributed by atoms with Crippen LogP contribution < -0.4 is 0 Å². The van der Waals surface area contributed by atoms with E-state index in [9.17, 15) is 4.79 Å². The van der Waals surface area contributed by atoms with Gasteiger partial charge in [-0.3, -0.25) is 9.50 Å². The van der Waals surface area contributed by atoms with Crippen molar-refractivity contribution in [2.24, 2.45) is 0 Å². The van der Waals surface area contributed by atoms with Crippen LogP contribution in [-0.2, 0) is 4.79 Å². The van der Waals surface area contributed by atoms with E-state index in [2.05, 4.69) is 12.6 Å². The number of carbonyl (C=O) groups excluding carboxylic acids is 1. The molecule has 0 N–H and O–H groups in total. The van der Waals surface area contributed by atoms with Crippen LogP contribution in [0.1, 0.15) is 13.3 Å². The number of halogens is 1. The van der Waals surface area contributed by atoms with Gasteiger partial charge in [-0.1, -0.05) is 6.92 Å². The van der Waals surface area contributed by atoms with Gasteiger partial charge in [0.05, 0.1) is 0 Å². The third kappa shape index (κ3) is 9.04. The summed E-state index contributed by atoms with van der Waals surface area (Å²) < 4.78 is 0. The molecule has 0 atom stereocenters. The van der Waals surface area contributed by atoms with Crippen molar-refractivity contribution in [1.29, 1.82) is 0 Å². The second-order valence-electron chi connectivity index (χ2n) is 0.747. The molecule has 0 aromatic carbocycles. The van der Waals surface area contributed by atoms with Crippen molar-refractivity contribution in [3.8, 4) is 0 Å². The Morgan fingerprint density at radius 1 is 1.83 bits per heavy atom. The molecule has 0 fully saturated rings. The zero-order chi connectivity index (χ0) is 4.28. The molecule has 0 aliphatic heterocycles. The average Bonchev–Trinajstić information content (AvgIpc) is 1.38. The number of hydrogen-bond acceptors (Lipinski definition) is 1. The molecule has 0 aromatic rings. The van der Waals surface area contributed by atoms with Gasteiger partial charge in [-0.05, 0) is 0 Å². The third-order valence-corrected chi connectivity index (χ3v) is 0.619. The van der Waals surface area contributed by atoms with Crippen LogP contribution in [0.4, 0.5) is 4.70 Å². The first-order valence-electron chi connectivity index (χ1n) is 1.49. The number of hydrogen-bond donors (Lipinski definition) is 1. The largest absolute Gasteiger partial charge is 0.288 e. The third-order valence-electron chi connectivity index (χ3n) is 0.302. The Kier molecular flexibility index (Phi) is 7.71. The maximum Gasteiger partial charge on any atom is 0.185 e. The SMILES string of the molecule is CCC(=O)S.F. The molecule has 0 bridgehead atoms. The summed E-state index contributed by atoms with van der Waals surface area (Å²) in [6, 6.07) is 0. The fourth-order valence-corrected chi connectivity index (χ4v) is 0. The van der Waals surface area contributed by atoms with Crippen molar-refractivity contribution < 1.29 is 9.50 Å². The van der Waals surface area contributed by atoms with E-state index in [0.29, 0.717) is 6.42 Å². The van der Waals surface area contributed by atoms with Gasteiger partial charge in [0.1, 0.15) is 0 Å². The minimum Gasteiger partial charge on any atom is -0.288 e. The van der Waals surface area contributed by atoms with E-state index in [1.165, 1.54) is 0 Å². The molecule has 0 unspecified atom stereocenters. The lowest BCUT2D eigenvalue weighted by atomic mass is 10.6. The van der Waals surface area contributed by atoms with Gasteiger partial charge in [-0.2, -0.15) is 0 Å². The summed E-state index contributed by atoms with van der Waals surface area (Å²) in [6.07, 6.45) is 0.531. The van der Waals surface area contributed by atoms with Gasteiger partial charge in [0.2, 0.25) is 0 Å². The van der Waals surface area contributed by atoms with E-state index in [1.807, 2.05) is 0 Å². The highest BCUT2D eigenvalue weighted by molar-refractivity contribution is 7.96. The summed E-state index contributed by atoms with van der Waals surface area (Å²) in [5, 5.41) is -0.0509. The molecule has 38 valence electrons.